The second-order valence-corrected chi connectivity index (χ2v) is 5.70. The van der Waals surface area contributed by atoms with E-state index in [2.05, 4.69) is 25.9 Å². The highest BCUT2D eigenvalue weighted by Gasteiger charge is 2.16. The van der Waals surface area contributed by atoms with Gasteiger partial charge in [-0.1, -0.05) is 6.42 Å². The number of halogens is 2. The molecule has 0 spiro atoms. The molecule has 0 radical (unpaired) electrons. The lowest BCUT2D eigenvalue weighted by Gasteiger charge is -2.11. The Kier molecular flexibility index (Phi) is 3.96. The van der Waals surface area contributed by atoms with Crippen LogP contribution >= 0.6 is 15.9 Å². The Labute approximate surface area is 125 Å². The zero-order valence-electron chi connectivity index (χ0n) is 10.9. The van der Waals surface area contributed by atoms with E-state index in [-0.39, 0.29) is 5.82 Å². The van der Waals surface area contributed by atoms with Crippen LogP contribution in [0.5, 0.6) is 11.6 Å². The van der Waals surface area contributed by atoms with E-state index in [0.29, 0.717) is 16.1 Å². The summed E-state index contributed by atoms with van der Waals surface area (Å²) >= 11 is 3.13. The number of hydrogen-bond donors (Lipinski definition) is 0. The molecule has 1 aliphatic rings. The largest absolute Gasteiger partial charge is 0.439 e. The lowest BCUT2D eigenvalue weighted by molar-refractivity contribution is 0.448. The van der Waals surface area contributed by atoms with Gasteiger partial charge in [-0.05, 0) is 53.7 Å². The van der Waals surface area contributed by atoms with Gasteiger partial charge >= 0.3 is 0 Å². The molecule has 0 bridgehead atoms. The van der Waals surface area contributed by atoms with E-state index in [1.165, 1.54) is 18.8 Å². The standard InChI is InChI=1S/C15H14BrFN2O/c16-12-7-6-10(8-13(12)17)20-15-11-4-2-1-3-5-14(11)18-9-19-15/h6-9H,1-5H2. The lowest BCUT2D eigenvalue weighted by atomic mass is 10.1. The van der Waals surface area contributed by atoms with Gasteiger partial charge in [-0.3, -0.25) is 0 Å². The van der Waals surface area contributed by atoms with Gasteiger partial charge in [0, 0.05) is 11.6 Å². The molecule has 3 nitrogen and oxygen atoms in total. The summed E-state index contributed by atoms with van der Waals surface area (Å²) in [7, 11) is 0. The second-order valence-electron chi connectivity index (χ2n) is 4.84. The van der Waals surface area contributed by atoms with Crippen LogP contribution in [0.15, 0.2) is 29.0 Å². The summed E-state index contributed by atoms with van der Waals surface area (Å²) in [4.78, 5) is 8.55. The van der Waals surface area contributed by atoms with E-state index < -0.39 is 0 Å². The summed E-state index contributed by atoms with van der Waals surface area (Å²) in [5, 5.41) is 0. The van der Waals surface area contributed by atoms with Gasteiger partial charge in [-0.2, -0.15) is 0 Å². The summed E-state index contributed by atoms with van der Waals surface area (Å²) in [5.74, 6) is 0.664. The third-order valence-electron chi connectivity index (χ3n) is 3.44. The van der Waals surface area contributed by atoms with E-state index in [1.54, 1.807) is 12.1 Å². The fourth-order valence-corrected chi connectivity index (χ4v) is 2.65. The second kappa shape index (κ2) is 5.87. The highest BCUT2D eigenvalue weighted by Crippen LogP contribution is 2.30. The Hall–Kier alpha value is -1.49. The highest BCUT2D eigenvalue weighted by atomic mass is 79.9. The molecule has 1 aromatic heterocycles. The van der Waals surface area contributed by atoms with Crippen molar-refractivity contribution in [1.29, 1.82) is 0 Å². The summed E-state index contributed by atoms with van der Waals surface area (Å²) in [5.41, 5.74) is 2.12. The summed E-state index contributed by atoms with van der Waals surface area (Å²) < 4.78 is 19.7. The van der Waals surface area contributed by atoms with E-state index in [4.69, 9.17) is 4.74 Å². The van der Waals surface area contributed by atoms with Gasteiger partial charge in [0.2, 0.25) is 5.88 Å². The third kappa shape index (κ3) is 2.82. The molecule has 0 fully saturated rings. The Balaban J connectivity index is 1.92. The topological polar surface area (TPSA) is 35.0 Å². The lowest BCUT2D eigenvalue weighted by Crippen LogP contribution is -2.01. The van der Waals surface area contributed by atoms with Gasteiger partial charge in [0.1, 0.15) is 17.9 Å². The Morgan fingerprint density at radius 1 is 1.10 bits per heavy atom. The van der Waals surface area contributed by atoms with Crippen LogP contribution in [0.1, 0.15) is 30.5 Å². The first-order valence-electron chi connectivity index (χ1n) is 6.69. The van der Waals surface area contributed by atoms with Crippen molar-refractivity contribution in [2.24, 2.45) is 0 Å². The van der Waals surface area contributed by atoms with E-state index in [1.807, 2.05) is 0 Å². The number of hydrogen-bond acceptors (Lipinski definition) is 3. The van der Waals surface area contributed by atoms with Crippen molar-refractivity contribution < 1.29 is 9.13 Å². The van der Waals surface area contributed by atoms with Crippen molar-refractivity contribution in [3.63, 3.8) is 0 Å². The maximum absolute atomic E-state index is 13.5. The van der Waals surface area contributed by atoms with Crippen LogP contribution < -0.4 is 4.74 Å². The Bertz CT molecular complexity index is 633. The number of benzene rings is 1. The number of ether oxygens (including phenoxy) is 1. The first-order valence-corrected chi connectivity index (χ1v) is 7.49. The van der Waals surface area contributed by atoms with Crippen molar-refractivity contribution in [3.05, 3.63) is 46.1 Å². The monoisotopic (exact) mass is 336 g/mol. The van der Waals surface area contributed by atoms with Crippen molar-refractivity contribution in [2.45, 2.75) is 32.1 Å². The molecular formula is C15H14BrFN2O. The van der Waals surface area contributed by atoms with Crippen LogP contribution in [-0.4, -0.2) is 9.97 Å². The summed E-state index contributed by atoms with van der Waals surface area (Å²) in [6.07, 6.45) is 6.87. The molecule has 0 aliphatic heterocycles. The predicted octanol–water partition coefficient (Wildman–Crippen LogP) is 4.44. The molecule has 2 aromatic rings. The van der Waals surface area contributed by atoms with Crippen molar-refractivity contribution in [1.82, 2.24) is 9.97 Å². The van der Waals surface area contributed by atoms with Gasteiger partial charge in [0.15, 0.2) is 0 Å². The fraction of sp³-hybridized carbons (Fsp3) is 0.333. The van der Waals surface area contributed by atoms with Crippen LogP contribution in [-0.2, 0) is 12.8 Å². The normalized spacial score (nSPS) is 14.5. The number of aromatic nitrogens is 2. The summed E-state index contributed by atoms with van der Waals surface area (Å²) in [6, 6.07) is 4.71. The van der Waals surface area contributed by atoms with Crippen LogP contribution in [0.4, 0.5) is 4.39 Å². The van der Waals surface area contributed by atoms with Gasteiger partial charge in [0.05, 0.1) is 10.2 Å². The van der Waals surface area contributed by atoms with Gasteiger partial charge in [0.25, 0.3) is 0 Å². The molecule has 0 N–H and O–H groups in total. The average Bonchev–Trinajstić information content (AvgIpc) is 2.69. The predicted molar refractivity (Wildman–Crippen MR) is 77.5 cm³/mol. The maximum atomic E-state index is 13.5. The molecule has 104 valence electrons. The first-order chi connectivity index (χ1) is 9.74. The molecule has 20 heavy (non-hydrogen) atoms. The number of rotatable bonds is 2. The van der Waals surface area contributed by atoms with Gasteiger partial charge in [-0.15, -0.1) is 0 Å². The van der Waals surface area contributed by atoms with Gasteiger partial charge < -0.3 is 4.74 Å². The number of aryl methyl sites for hydroxylation is 1. The van der Waals surface area contributed by atoms with Crippen molar-refractivity contribution in [3.8, 4) is 11.6 Å². The number of fused-ring (bicyclic) bond motifs is 1. The van der Waals surface area contributed by atoms with Crippen LogP contribution in [0, 0.1) is 5.82 Å². The first kappa shape index (κ1) is 13.5. The zero-order chi connectivity index (χ0) is 13.9. The van der Waals surface area contributed by atoms with Crippen molar-refractivity contribution in [2.75, 3.05) is 0 Å². The number of nitrogens with zero attached hydrogens (tertiary/aromatic N) is 2. The van der Waals surface area contributed by atoms with E-state index in [9.17, 15) is 4.39 Å². The van der Waals surface area contributed by atoms with Crippen LogP contribution in [0.25, 0.3) is 0 Å². The SMILES string of the molecule is Fc1cc(Oc2ncnc3c2CCCCC3)ccc1Br. The summed E-state index contributed by atoms with van der Waals surface area (Å²) in [6.45, 7) is 0. The molecule has 1 aromatic carbocycles. The Morgan fingerprint density at radius 3 is 2.80 bits per heavy atom. The molecule has 0 saturated carbocycles. The molecule has 1 aliphatic carbocycles. The molecule has 1 heterocycles. The quantitative estimate of drug-likeness (QED) is 0.760. The van der Waals surface area contributed by atoms with E-state index >= 15 is 0 Å². The minimum absolute atomic E-state index is 0.345. The molecule has 0 amide bonds. The van der Waals surface area contributed by atoms with Crippen molar-refractivity contribution >= 4 is 15.9 Å². The smallest absolute Gasteiger partial charge is 0.225 e. The van der Waals surface area contributed by atoms with E-state index in [0.717, 1.165) is 36.9 Å². The van der Waals surface area contributed by atoms with Crippen LogP contribution in [0.3, 0.4) is 0 Å². The molecule has 3 rings (SSSR count). The molecule has 0 atom stereocenters. The molecule has 0 unspecified atom stereocenters. The molecule has 0 saturated heterocycles. The average molecular weight is 337 g/mol. The minimum Gasteiger partial charge on any atom is -0.439 e. The highest BCUT2D eigenvalue weighted by molar-refractivity contribution is 9.10. The molecule has 5 heteroatoms. The Morgan fingerprint density at radius 2 is 1.95 bits per heavy atom. The zero-order valence-corrected chi connectivity index (χ0v) is 12.5. The molecular weight excluding hydrogens is 323 g/mol. The fourth-order valence-electron chi connectivity index (χ4n) is 2.41. The third-order valence-corrected chi connectivity index (χ3v) is 4.08. The van der Waals surface area contributed by atoms with Crippen LogP contribution in [0.2, 0.25) is 0 Å². The van der Waals surface area contributed by atoms with Gasteiger partial charge in [-0.25, -0.2) is 14.4 Å². The minimum atomic E-state index is -0.345. The maximum Gasteiger partial charge on any atom is 0.225 e.